The van der Waals surface area contributed by atoms with Crippen LogP contribution in [0.1, 0.15) is 18.4 Å². The number of hydrogen-bond acceptors (Lipinski definition) is 1. The first-order valence-corrected chi connectivity index (χ1v) is 6.88. The Labute approximate surface area is 117 Å². The summed E-state index contributed by atoms with van der Waals surface area (Å²) in [5, 5.41) is 3.99. The molecule has 0 aliphatic heterocycles. The van der Waals surface area contributed by atoms with E-state index in [2.05, 4.69) is 5.32 Å². The molecule has 3 heteroatoms. The van der Waals surface area contributed by atoms with Gasteiger partial charge in [0.05, 0.1) is 0 Å². The normalized spacial score (nSPS) is 14.6. The van der Waals surface area contributed by atoms with E-state index in [0.29, 0.717) is 17.6 Å². The van der Waals surface area contributed by atoms with Crippen molar-refractivity contribution in [2.24, 2.45) is 0 Å². The lowest BCUT2D eigenvalue weighted by Crippen LogP contribution is -2.16. The van der Waals surface area contributed by atoms with Crippen molar-refractivity contribution in [3.8, 4) is 11.1 Å². The Morgan fingerprint density at radius 1 is 1.11 bits per heavy atom. The summed E-state index contributed by atoms with van der Waals surface area (Å²) in [4.78, 5) is 0. The number of halogens is 2. The largest absolute Gasteiger partial charge is 0.310 e. The van der Waals surface area contributed by atoms with Crippen molar-refractivity contribution in [2.75, 3.05) is 0 Å². The van der Waals surface area contributed by atoms with E-state index < -0.39 is 0 Å². The van der Waals surface area contributed by atoms with E-state index in [1.807, 2.05) is 36.4 Å². The van der Waals surface area contributed by atoms with Gasteiger partial charge in [-0.2, -0.15) is 0 Å². The first-order valence-electron chi connectivity index (χ1n) is 6.50. The quantitative estimate of drug-likeness (QED) is 0.872. The minimum absolute atomic E-state index is 0.161. The monoisotopic (exact) mass is 275 g/mol. The molecule has 0 spiro atoms. The summed E-state index contributed by atoms with van der Waals surface area (Å²) >= 11 is 5.95. The van der Waals surface area contributed by atoms with Gasteiger partial charge in [-0.15, -0.1) is 0 Å². The predicted molar refractivity (Wildman–Crippen MR) is 76.7 cm³/mol. The van der Waals surface area contributed by atoms with Crippen LogP contribution in [0.25, 0.3) is 11.1 Å². The molecule has 0 heterocycles. The van der Waals surface area contributed by atoms with E-state index in [0.717, 1.165) is 16.7 Å². The van der Waals surface area contributed by atoms with Gasteiger partial charge in [-0.05, 0) is 42.2 Å². The minimum atomic E-state index is -0.161. The molecule has 0 bridgehead atoms. The Kier molecular flexibility index (Phi) is 3.54. The molecule has 1 N–H and O–H groups in total. The highest BCUT2D eigenvalue weighted by molar-refractivity contribution is 6.30. The zero-order valence-corrected chi connectivity index (χ0v) is 11.3. The molecule has 0 amide bonds. The molecule has 0 aromatic heterocycles. The molecule has 2 aromatic rings. The molecule has 0 atom stereocenters. The fraction of sp³-hybridized carbons (Fsp3) is 0.250. The molecule has 1 nitrogen and oxygen atoms in total. The lowest BCUT2D eigenvalue weighted by Gasteiger charge is -2.08. The highest BCUT2D eigenvalue weighted by Crippen LogP contribution is 2.25. The van der Waals surface area contributed by atoms with Gasteiger partial charge < -0.3 is 5.32 Å². The fourth-order valence-corrected chi connectivity index (χ4v) is 2.27. The van der Waals surface area contributed by atoms with Gasteiger partial charge in [0.25, 0.3) is 0 Å². The molecule has 1 aliphatic carbocycles. The van der Waals surface area contributed by atoms with Crippen molar-refractivity contribution in [1.82, 2.24) is 5.32 Å². The average Bonchev–Trinajstić information content (AvgIpc) is 3.21. The summed E-state index contributed by atoms with van der Waals surface area (Å²) in [6.07, 6.45) is 2.42. The molecule has 0 radical (unpaired) electrons. The first kappa shape index (κ1) is 12.6. The Balaban J connectivity index is 1.81. The number of nitrogens with one attached hydrogen (secondary N) is 1. The number of rotatable bonds is 4. The van der Waals surface area contributed by atoms with Gasteiger partial charge in [-0.1, -0.05) is 35.9 Å². The zero-order valence-electron chi connectivity index (χ0n) is 10.5. The van der Waals surface area contributed by atoms with Crippen LogP contribution in [0, 0.1) is 5.82 Å². The van der Waals surface area contributed by atoms with Crippen LogP contribution in [0.3, 0.4) is 0 Å². The SMILES string of the molecule is Fc1cc(-c2cccc(Cl)c2)ccc1CNC1CC1. The summed E-state index contributed by atoms with van der Waals surface area (Å²) in [6.45, 7) is 0.603. The van der Waals surface area contributed by atoms with Crippen molar-refractivity contribution in [3.63, 3.8) is 0 Å². The van der Waals surface area contributed by atoms with Gasteiger partial charge in [0.15, 0.2) is 0 Å². The van der Waals surface area contributed by atoms with E-state index in [4.69, 9.17) is 11.6 Å². The Bertz CT molecular complexity index is 593. The summed E-state index contributed by atoms with van der Waals surface area (Å²) < 4.78 is 14.0. The highest BCUT2D eigenvalue weighted by Gasteiger charge is 2.20. The van der Waals surface area contributed by atoms with Gasteiger partial charge in [0, 0.05) is 23.2 Å². The molecule has 1 aliphatic rings. The average molecular weight is 276 g/mol. The molecular weight excluding hydrogens is 261 g/mol. The van der Waals surface area contributed by atoms with Crippen LogP contribution in [0.4, 0.5) is 4.39 Å². The molecular formula is C16H15ClFN. The van der Waals surface area contributed by atoms with Gasteiger partial charge in [-0.25, -0.2) is 4.39 Å². The maximum atomic E-state index is 14.0. The fourth-order valence-electron chi connectivity index (χ4n) is 2.08. The minimum Gasteiger partial charge on any atom is -0.310 e. The van der Waals surface area contributed by atoms with Crippen LogP contribution in [-0.2, 0) is 6.54 Å². The summed E-state index contributed by atoms with van der Waals surface area (Å²) in [5.74, 6) is -0.161. The Morgan fingerprint density at radius 3 is 2.58 bits per heavy atom. The van der Waals surface area contributed by atoms with E-state index in [1.165, 1.54) is 12.8 Å². The third-order valence-corrected chi connectivity index (χ3v) is 3.60. The summed E-state index contributed by atoms with van der Waals surface area (Å²) in [7, 11) is 0. The molecule has 0 unspecified atom stereocenters. The van der Waals surface area contributed by atoms with Crippen LogP contribution >= 0.6 is 11.6 Å². The topological polar surface area (TPSA) is 12.0 Å². The number of benzene rings is 2. The first-order chi connectivity index (χ1) is 9.22. The van der Waals surface area contributed by atoms with E-state index in [9.17, 15) is 4.39 Å². The van der Waals surface area contributed by atoms with Gasteiger partial charge in [0.1, 0.15) is 5.82 Å². The van der Waals surface area contributed by atoms with Crippen molar-refractivity contribution in [2.45, 2.75) is 25.4 Å². The van der Waals surface area contributed by atoms with Crippen molar-refractivity contribution >= 4 is 11.6 Å². The standard InChI is InChI=1S/C16H15ClFN/c17-14-3-1-2-11(8-14)12-4-5-13(16(18)9-12)10-19-15-6-7-15/h1-5,8-9,15,19H,6-7,10H2. The predicted octanol–water partition coefficient (Wildman–Crippen LogP) is 4.40. The van der Waals surface area contributed by atoms with E-state index in [-0.39, 0.29) is 5.82 Å². The molecule has 98 valence electrons. The maximum absolute atomic E-state index is 14.0. The van der Waals surface area contributed by atoms with Crippen molar-refractivity contribution in [1.29, 1.82) is 0 Å². The molecule has 0 saturated heterocycles. The van der Waals surface area contributed by atoms with Gasteiger partial charge in [-0.3, -0.25) is 0 Å². The third kappa shape index (κ3) is 3.14. The van der Waals surface area contributed by atoms with E-state index >= 15 is 0 Å². The van der Waals surface area contributed by atoms with Gasteiger partial charge in [0.2, 0.25) is 0 Å². The molecule has 1 saturated carbocycles. The van der Waals surface area contributed by atoms with E-state index in [1.54, 1.807) is 6.07 Å². The molecule has 2 aromatic carbocycles. The van der Waals surface area contributed by atoms with Crippen LogP contribution in [0.2, 0.25) is 5.02 Å². The second-order valence-corrected chi connectivity index (χ2v) is 5.41. The van der Waals surface area contributed by atoms with Crippen LogP contribution in [-0.4, -0.2) is 6.04 Å². The van der Waals surface area contributed by atoms with Crippen molar-refractivity contribution < 1.29 is 4.39 Å². The van der Waals surface area contributed by atoms with Gasteiger partial charge >= 0.3 is 0 Å². The highest BCUT2D eigenvalue weighted by atomic mass is 35.5. The Hall–Kier alpha value is -1.38. The van der Waals surface area contributed by atoms with Crippen LogP contribution < -0.4 is 5.32 Å². The third-order valence-electron chi connectivity index (χ3n) is 3.37. The second kappa shape index (κ2) is 5.32. The number of hydrogen-bond donors (Lipinski definition) is 1. The summed E-state index contributed by atoms with van der Waals surface area (Å²) in [5.41, 5.74) is 2.51. The van der Waals surface area contributed by atoms with Crippen molar-refractivity contribution in [3.05, 3.63) is 58.9 Å². The second-order valence-electron chi connectivity index (χ2n) is 4.97. The van der Waals surface area contributed by atoms with Crippen LogP contribution in [0.15, 0.2) is 42.5 Å². The zero-order chi connectivity index (χ0) is 13.2. The molecule has 1 fully saturated rings. The molecule has 3 rings (SSSR count). The summed E-state index contributed by atoms with van der Waals surface area (Å²) in [6, 6.07) is 13.4. The lowest BCUT2D eigenvalue weighted by atomic mass is 10.0. The maximum Gasteiger partial charge on any atom is 0.128 e. The Morgan fingerprint density at radius 2 is 1.89 bits per heavy atom. The molecule has 19 heavy (non-hydrogen) atoms. The lowest BCUT2D eigenvalue weighted by molar-refractivity contribution is 0.587. The van der Waals surface area contributed by atoms with Crippen LogP contribution in [0.5, 0.6) is 0 Å². The smallest absolute Gasteiger partial charge is 0.128 e.